The SMILES string of the molecule is BrC1=C(Br)C(Br)=C(Br)CN(Cc2ccccc2)C1. The van der Waals surface area contributed by atoms with Crippen molar-refractivity contribution in [3.05, 3.63) is 53.8 Å². The van der Waals surface area contributed by atoms with Crippen molar-refractivity contribution < 1.29 is 0 Å². The van der Waals surface area contributed by atoms with Crippen molar-refractivity contribution in [1.29, 1.82) is 0 Å². The fraction of sp³-hybridized carbons (Fsp3) is 0.231. The highest BCUT2D eigenvalue weighted by molar-refractivity contribution is 9.17. The first kappa shape index (κ1) is 15.0. The molecule has 2 rings (SSSR count). The van der Waals surface area contributed by atoms with Gasteiger partial charge >= 0.3 is 0 Å². The molecule has 0 fully saturated rings. The van der Waals surface area contributed by atoms with Crippen molar-refractivity contribution in [2.24, 2.45) is 0 Å². The summed E-state index contributed by atoms with van der Waals surface area (Å²) in [4.78, 5) is 2.37. The Morgan fingerprint density at radius 1 is 0.833 bits per heavy atom. The van der Waals surface area contributed by atoms with Gasteiger partial charge in [-0.2, -0.15) is 0 Å². The molecule has 1 aromatic carbocycles. The summed E-state index contributed by atoms with van der Waals surface area (Å²) in [6.45, 7) is 2.71. The van der Waals surface area contributed by atoms with Gasteiger partial charge in [0.05, 0.1) is 0 Å². The lowest BCUT2D eigenvalue weighted by Crippen LogP contribution is -2.25. The smallest absolute Gasteiger partial charge is 0.0440 e. The molecular formula is C13H11Br4N. The molecule has 0 saturated heterocycles. The maximum Gasteiger partial charge on any atom is 0.0440 e. The fourth-order valence-electron chi connectivity index (χ4n) is 1.78. The largest absolute Gasteiger partial charge is 0.289 e. The van der Waals surface area contributed by atoms with Crippen molar-refractivity contribution >= 4 is 63.7 Å². The van der Waals surface area contributed by atoms with E-state index in [1.54, 1.807) is 0 Å². The van der Waals surface area contributed by atoms with Gasteiger partial charge in [-0.3, -0.25) is 4.90 Å². The normalized spacial score (nSPS) is 18.2. The van der Waals surface area contributed by atoms with E-state index in [0.717, 1.165) is 37.6 Å². The van der Waals surface area contributed by atoms with E-state index in [4.69, 9.17) is 0 Å². The lowest BCUT2D eigenvalue weighted by Gasteiger charge is -2.20. The number of allylic oxidation sites excluding steroid dienone is 2. The molecule has 0 atom stereocenters. The molecule has 5 heteroatoms. The Kier molecular flexibility index (Phi) is 5.69. The van der Waals surface area contributed by atoms with Gasteiger partial charge in [-0.1, -0.05) is 62.2 Å². The van der Waals surface area contributed by atoms with Crippen LogP contribution in [0.4, 0.5) is 0 Å². The minimum Gasteiger partial charge on any atom is -0.289 e. The standard InChI is InChI=1S/C13H11Br4N/c14-10-7-18(6-9-4-2-1-3-5-9)8-11(15)13(17)12(10)16/h1-5H,6-8H2. The van der Waals surface area contributed by atoms with Crippen LogP contribution in [0.5, 0.6) is 0 Å². The van der Waals surface area contributed by atoms with E-state index >= 15 is 0 Å². The summed E-state index contributed by atoms with van der Waals surface area (Å²) in [5.41, 5.74) is 1.33. The molecule has 0 N–H and O–H groups in total. The van der Waals surface area contributed by atoms with Crippen LogP contribution in [0.2, 0.25) is 0 Å². The second-order valence-electron chi connectivity index (χ2n) is 4.07. The van der Waals surface area contributed by atoms with Crippen molar-refractivity contribution in [2.45, 2.75) is 6.54 Å². The second kappa shape index (κ2) is 6.84. The van der Waals surface area contributed by atoms with E-state index in [9.17, 15) is 0 Å². The van der Waals surface area contributed by atoms with Crippen molar-refractivity contribution in [3.8, 4) is 0 Å². The Balaban J connectivity index is 2.18. The first-order valence-corrected chi connectivity index (χ1v) is 8.60. The number of halogens is 4. The summed E-state index contributed by atoms with van der Waals surface area (Å²) in [7, 11) is 0. The van der Waals surface area contributed by atoms with Gasteiger partial charge in [0.15, 0.2) is 0 Å². The highest BCUT2D eigenvalue weighted by Crippen LogP contribution is 2.37. The van der Waals surface area contributed by atoms with E-state index in [2.05, 4.69) is 92.9 Å². The third-order valence-electron chi connectivity index (χ3n) is 2.64. The zero-order valence-electron chi connectivity index (χ0n) is 9.47. The summed E-state index contributed by atoms with van der Waals surface area (Å²) in [6, 6.07) is 10.5. The predicted octanol–water partition coefficient (Wildman–Crippen LogP) is 5.51. The molecular weight excluding hydrogens is 490 g/mol. The summed E-state index contributed by atoms with van der Waals surface area (Å²) >= 11 is 14.5. The Morgan fingerprint density at radius 3 is 1.83 bits per heavy atom. The summed E-state index contributed by atoms with van der Waals surface area (Å²) < 4.78 is 4.45. The lowest BCUT2D eigenvalue weighted by atomic mass is 10.2. The Morgan fingerprint density at radius 2 is 1.33 bits per heavy atom. The zero-order chi connectivity index (χ0) is 13.1. The summed E-state index contributed by atoms with van der Waals surface area (Å²) in [5.74, 6) is 0. The Bertz CT molecular complexity index is 467. The number of hydrogen-bond donors (Lipinski definition) is 0. The molecule has 0 radical (unpaired) electrons. The Labute approximate surface area is 141 Å². The van der Waals surface area contributed by atoms with Crippen LogP contribution in [0.15, 0.2) is 48.3 Å². The average Bonchev–Trinajstić information content (AvgIpc) is 2.44. The monoisotopic (exact) mass is 497 g/mol. The minimum absolute atomic E-state index is 0.889. The van der Waals surface area contributed by atoms with Gasteiger partial charge in [0.2, 0.25) is 0 Å². The van der Waals surface area contributed by atoms with Crippen LogP contribution in [0.1, 0.15) is 5.56 Å². The molecule has 0 spiro atoms. The molecule has 1 aromatic rings. The highest BCUT2D eigenvalue weighted by atomic mass is 79.9. The van der Waals surface area contributed by atoms with Crippen molar-refractivity contribution in [1.82, 2.24) is 4.90 Å². The number of rotatable bonds is 2. The zero-order valence-corrected chi connectivity index (χ0v) is 15.8. The molecule has 1 heterocycles. The highest BCUT2D eigenvalue weighted by Gasteiger charge is 2.19. The van der Waals surface area contributed by atoms with Crippen LogP contribution in [0.3, 0.4) is 0 Å². The molecule has 96 valence electrons. The predicted molar refractivity (Wildman–Crippen MR) is 91.5 cm³/mol. The van der Waals surface area contributed by atoms with Gasteiger partial charge in [-0.15, -0.1) is 0 Å². The maximum absolute atomic E-state index is 3.63. The quantitative estimate of drug-likeness (QED) is 0.518. The van der Waals surface area contributed by atoms with Crippen LogP contribution in [-0.4, -0.2) is 18.0 Å². The minimum atomic E-state index is 0.889. The van der Waals surface area contributed by atoms with E-state index in [0.29, 0.717) is 0 Å². The number of hydrogen-bond acceptors (Lipinski definition) is 1. The first-order chi connectivity index (χ1) is 8.58. The average molecular weight is 501 g/mol. The summed E-state index contributed by atoms with van der Waals surface area (Å²) in [6.07, 6.45) is 0. The van der Waals surface area contributed by atoms with Gasteiger partial charge in [-0.05, 0) is 37.4 Å². The fourth-order valence-corrected chi connectivity index (χ4v) is 4.15. The molecule has 1 aliphatic heterocycles. The molecule has 1 nitrogen and oxygen atoms in total. The summed E-state index contributed by atoms with van der Waals surface area (Å²) in [5, 5.41) is 0. The van der Waals surface area contributed by atoms with Crippen LogP contribution < -0.4 is 0 Å². The van der Waals surface area contributed by atoms with Gasteiger partial charge in [0.1, 0.15) is 0 Å². The molecule has 1 aliphatic rings. The Hall–Kier alpha value is 0.580. The van der Waals surface area contributed by atoms with Gasteiger partial charge in [0.25, 0.3) is 0 Å². The lowest BCUT2D eigenvalue weighted by molar-refractivity contribution is 0.325. The van der Waals surface area contributed by atoms with Gasteiger partial charge in [-0.25, -0.2) is 0 Å². The van der Waals surface area contributed by atoms with E-state index in [1.165, 1.54) is 5.56 Å². The molecule has 0 aromatic heterocycles. The molecule has 18 heavy (non-hydrogen) atoms. The van der Waals surface area contributed by atoms with E-state index in [-0.39, 0.29) is 0 Å². The molecule has 0 saturated carbocycles. The van der Waals surface area contributed by atoms with Crippen LogP contribution in [0, 0.1) is 0 Å². The topological polar surface area (TPSA) is 3.24 Å². The molecule has 0 unspecified atom stereocenters. The van der Waals surface area contributed by atoms with Gasteiger partial charge in [0, 0.05) is 37.6 Å². The van der Waals surface area contributed by atoms with Gasteiger partial charge < -0.3 is 0 Å². The third-order valence-corrected chi connectivity index (χ3v) is 7.28. The van der Waals surface area contributed by atoms with E-state index in [1.807, 2.05) is 6.07 Å². The van der Waals surface area contributed by atoms with Crippen LogP contribution in [-0.2, 0) is 6.54 Å². The van der Waals surface area contributed by atoms with Crippen LogP contribution in [0.25, 0.3) is 0 Å². The maximum atomic E-state index is 3.63. The second-order valence-corrected chi connectivity index (χ2v) is 7.57. The number of nitrogens with zero attached hydrogens (tertiary/aromatic N) is 1. The third kappa shape index (κ3) is 3.79. The molecule has 0 aliphatic carbocycles. The first-order valence-electron chi connectivity index (χ1n) is 5.43. The van der Waals surface area contributed by atoms with Crippen LogP contribution >= 0.6 is 63.7 Å². The van der Waals surface area contributed by atoms with E-state index < -0.39 is 0 Å². The van der Waals surface area contributed by atoms with Crippen molar-refractivity contribution in [2.75, 3.05) is 13.1 Å². The molecule has 0 bridgehead atoms. The molecule has 0 amide bonds. The van der Waals surface area contributed by atoms with Crippen molar-refractivity contribution in [3.63, 3.8) is 0 Å². The number of benzene rings is 1.